The average Bonchev–Trinajstić information content (AvgIpc) is 2.44. The zero-order chi connectivity index (χ0) is 15.2. The van der Waals surface area contributed by atoms with Crippen molar-refractivity contribution in [2.24, 2.45) is 0 Å². The van der Waals surface area contributed by atoms with Crippen LogP contribution in [-0.2, 0) is 9.53 Å². The summed E-state index contributed by atoms with van der Waals surface area (Å²) in [6.45, 7) is 11.3. The molecule has 1 saturated heterocycles. The molecule has 118 valence electrons. The van der Waals surface area contributed by atoms with Gasteiger partial charge in [-0.25, -0.2) is 0 Å². The van der Waals surface area contributed by atoms with Crippen molar-refractivity contribution in [3.63, 3.8) is 0 Å². The molecule has 5 nitrogen and oxygen atoms in total. The first-order valence-electron chi connectivity index (χ1n) is 7.76. The maximum Gasteiger partial charge on any atom is 0.323 e. The first-order chi connectivity index (χ1) is 9.44. The third-order valence-corrected chi connectivity index (χ3v) is 4.25. The lowest BCUT2D eigenvalue weighted by Crippen LogP contribution is -2.56. The van der Waals surface area contributed by atoms with Gasteiger partial charge in [-0.15, -0.1) is 0 Å². The molecule has 0 aromatic rings. The molecule has 3 atom stereocenters. The highest BCUT2D eigenvalue weighted by atomic mass is 16.5. The third kappa shape index (κ3) is 4.43. The number of morpholine rings is 1. The topological polar surface area (TPSA) is 61.8 Å². The summed E-state index contributed by atoms with van der Waals surface area (Å²) in [7, 11) is 0. The molecule has 1 fully saturated rings. The van der Waals surface area contributed by atoms with Crippen LogP contribution in [0, 0.1) is 0 Å². The molecule has 5 heteroatoms. The zero-order valence-electron chi connectivity index (χ0n) is 13.3. The Hall–Kier alpha value is -0.650. The van der Waals surface area contributed by atoms with Gasteiger partial charge < -0.3 is 15.2 Å². The van der Waals surface area contributed by atoms with E-state index >= 15 is 0 Å². The second kappa shape index (κ2) is 7.96. The van der Waals surface area contributed by atoms with Crippen LogP contribution in [-0.4, -0.2) is 59.9 Å². The van der Waals surface area contributed by atoms with Gasteiger partial charge in [0.05, 0.1) is 13.2 Å². The molecule has 0 aromatic carbocycles. The van der Waals surface area contributed by atoms with E-state index in [9.17, 15) is 9.90 Å². The third-order valence-electron chi connectivity index (χ3n) is 4.25. The highest BCUT2D eigenvalue weighted by Crippen LogP contribution is 2.21. The Balaban J connectivity index is 2.69. The Labute approximate surface area is 122 Å². The van der Waals surface area contributed by atoms with E-state index in [4.69, 9.17) is 4.74 Å². The van der Waals surface area contributed by atoms with E-state index in [2.05, 4.69) is 24.1 Å². The summed E-state index contributed by atoms with van der Waals surface area (Å²) in [5, 5.41) is 12.7. The normalized spacial score (nSPS) is 25.1. The van der Waals surface area contributed by atoms with Gasteiger partial charge in [0.1, 0.15) is 5.54 Å². The Morgan fingerprint density at radius 3 is 2.80 bits per heavy atom. The van der Waals surface area contributed by atoms with Crippen molar-refractivity contribution in [1.82, 2.24) is 10.2 Å². The summed E-state index contributed by atoms with van der Waals surface area (Å²) in [5.74, 6) is -0.765. The number of nitrogens with one attached hydrogen (secondary N) is 1. The number of ether oxygens (including phenoxy) is 1. The van der Waals surface area contributed by atoms with Crippen LogP contribution in [0.2, 0.25) is 0 Å². The molecule has 0 radical (unpaired) electrons. The summed E-state index contributed by atoms with van der Waals surface area (Å²) < 4.78 is 5.52. The molecule has 0 aliphatic carbocycles. The highest BCUT2D eigenvalue weighted by Gasteiger charge is 2.37. The van der Waals surface area contributed by atoms with Crippen molar-refractivity contribution in [1.29, 1.82) is 0 Å². The van der Waals surface area contributed by atoms with E-state index in [1.54, 1.807) is 6.92 Å². The molecule has 0 saturated carbocycles. The maximum atomic E-state index is 11.6. The number of carboxylic acids is 1. The van der Waals surface area contributed by atoms with E-state index in [1.165, 1.54) is 0 Å². The van der Waals surface area contributed by atoms with Gasteiger partial charge in [0.2, 0.25) is 0 Å². The molecule has 0 spiro atoms. The molecule has 0 aromatic heterocycles. The molecule has 20 heavy (non-hydrogen) atoms. The number of carbonyl (C=O) groups is 1. The number of hydrogen-bond acceptors (Lipinski definition) is 4. The van der Waals surface area contributed by atoms with Crippen LogP contribution in [0.25, 0.3) is 0 Å². The summed E-state index contributed by atoms with van der Waals surface area (Å²) in [4.78, 5) is 14.0. The molecule has 1 rings (SSSR count). The quantitative estimate of drug-likeness (QED) is 0.711. The number of aliphatic carboxylic acids is 1. The van der Waals surface area contributed by atoms with Crippen LogP contribution in [0.4, 0.5) is 0 Å². The van der Waals surface area contributed by atoms with E-state index in [1.807, 2.05) is 6.92 Å². The van der Waals surface area contributed by atoms with Gasteiger partial charge in [-0.05, 0) is 39.7 Å². The number of carboxylic acid groups (broad SMARTS) is 1. The summed E-state index contributed by atoms with van der Waals surface area (Å²) in [6.07, 6.45) is 2.59. The SMILES string of the molecule is CCCNC(C)(CC(C)N1CCOCC1CC)C(=O)O. The standard InChI is InChI=1S/C15H30N2O3/c1-5-7-16-15(4,14(18)19)10-12(3)17-8-9-20-11-13(17)6-2/h12-13,16H,5-11H2,1-4H3,(H,18,19). The lowest BCUT2D eigenvalue weighted by atomic mass is 9.91. The molecule has 1 heterocycles. The number of hydrogen-bond donors (Lipinski definition) is 2. The summed E-state index contributed by atoms with van der Waals surface area (Å²) in [5.41, 5.74) is -0.855. The minimum Gasteiger partial charge on any atom is -0.480 e. The van der Waals surface area contributed by atoms with Crippen molar-refractivity contribution < 1.29 is 14.6 Å². The van der Waals surface area contributed by atoms with E-state index in [0.717, 1.165) is 39.1 Å². The minimum atomic E-state index is -0.855. The van der Waals surface area contributed by atoms with Crippen LogP contribution in [0.5, 0.6) is 0 Å². The van der Waals surface area contributed by atoms with E-state index in [0.29, 0.717) is 12.5 Å². The Morgan fingerprint density at radius 2 is 2.25 bits per heavy atom. The summed E-state index contributed by atoms with van der Waals surface area (Å²) >= 11 is 0. The lowest BCUT2D eigenvalue weighted by molar-refractivity contribution is -0.145. The summed E-state index contributed by atoms with van der Waals surface area (Å²) in [6, 6.07) is 0.636. The largest absolute Gasteiger partial charge is 0.480 e. The number of rotatable bonds is 8. The van der Waals surface area contributed by atoms with Crippen LogP contribution < -0.4 is 5.32 Å². The molecule has 1 aliphatic rings. The Kier molecular flexibility index (Phi) is 6.92. The van der Waals surface area contributed by atoms with Crippen molar-refractivity contribution in [2.45, 2.75) is 64.6 Å². The van der Waals surface area contributed by atoms with Crippen LogP contribution >= 0.6 is 0 Å². The predicted molar refractivity (Wildman–Crippen MR) is 80.0 cm³/mol. The van der Waals surface area contributed by atoms with Gasteiger partial charge in [-0.2, -0.15) is 0 Å². The molecule has 2 N–H and O–H groups in total. The fourth-order valence-electron chi connectivity index (χ4n) is 2.94. The molecule has 0 bridgehead atoms. The maximum absolute atomic E-state index is 11.6. The van der Waals surface area contributed by atoms with Crippen molar-refractivity contribution >= 4 is 5.97 Å². The monoisotopic (exact) mass is 286 g/mol. The fraction of sp³-hybridized carbons (Fsp3) is 0.933. The molecule has 1 aliphatic heterocycles. The first-order valence-corrected chi connectivity index (χ1v) is 7.76. The Bertz CT molecular complexity index is 311. The van der Waals surface area contributed by atoms with Crippen molar-refractivity contribution in [2.75, 3.05) is 26.3 Å². The number of nitrogens with zero attached hydrogens (tertiary/aromatic N) is 1. The van der Waals surface area contributed by atoms with Crippen LogP contribution in [0.1, 0.15) is 47.0 Å². The zero-order valence-corrected chi connectivity index (χ0v) is 13.3. The van der Waals surface area contributed by atoms with Crippen LogP contribution in [0.15, 0.2) is 0 Å². The van der Waals surface area contributed by atoms with Gasteiger partial charge >= 0.3 is 5.97 Å². The molecular formula is C15H30N2O3. The highest BCUT2D eigenvalue weighted by molar-refractivity contribution is 5.78. The fourth-order valence-corrected chi connectivity index (χ4v) is 2.94. The van der Waals surface area contributed by atoms with Crippen molar-refractivity contribution in [3.8, 4) is 0 Å². The first kappa shape index (κ1) is 17.4. The minimum absolute atomic E-state index is 0.231. The van der Waals surface area contributed by atoms with E-state index in [-0.39, 0.29) is 6.04 Å². The van der Waals surface area contributed by atoms with Gasteiger partial charge in [0.25, 0.3) is 0 Å². The smallest absolute Gasteiger partial charge is 0.323 e. The predicted octanol–water partition coefficient (Wildman–Crippen LogP) is 1.72. The van der Waals surface area contributed by atoms with E-state index < -0.39 is 11.5 Å². The molecule has 3 unspecified atom stereocenters. The van der Waals surface area contributed by atoms with Gasteiger partial charge in [0, 0.05) is 18.6 Å². The Morgan fingerprint density at radius 1 is 1.55 bits per heavy atom. The van der Waals surface area contributed by atoms with Gasteiger partial charge in [0.15, 0.2) is 0 Å². The second-order valence-corrected chi connectivity index (χ2v) is 5.99. The van der Waals surface area contributed by atoms with Crippen molar-refractivity contribution in [3.05, 3.63) is 0 Å². The van der Waals surface area contributed by atoms with Crippen LogP contribution in [0.3, 0.4) is 0 Å². The average molecular weight is 286 g/mol. The molecular weight excluding hydrogens is 256 g/mol. The second-order valence-electron chi connectivity index (χ2n) is 5.99. The lowest BCUT2D eigenvalue weighted by Gasteiger charge is -2.42. The van der Waals surface area contributed by atoms with Gasteiger partial charge in [-0.3, -0.25) is 9.69 Å². The van der Waals surface area contributed by atoms with Gasteiger partial charge in [-0.1, -0.05) is 13.8 Å². The molecule has 0 amide bonds.